The van der Waals surface area contributed by atoms with Gasteiger partial charge in [-0.3, -0.25) is 0 Å². The van der Waals surface area contributed by atoms with Crippen LogP contribution in [0.2, 0.25) is 0 Å². The first-order valence-corrected chi connectivity index (χ1v) is 16.1. The van der Waals surface area contributed by atoms with Crippen molar-refractivity contribution in [2.24, 2.45) is 5.41 Å². The molecule has 206 valence electrons. The molecule has 0 radical (unpaired) electrons. The SMILES string of the molecule is CC(C)(C)CC[c-]1cccc1P(C1CCCCC1)C1CCCCC1.CC(C)(C)P.[Fe].[cH-]1[cH-][cH-][cH-][cH-]1. The Morgan fingerprint density at radius 2 is 1.20 bits per heavy atom. The van der Waals surface area contributed by atoms with E-state index >= 15 is 0 Å². The van der Waals surface area contributed by atoms with Crippen molar-refractivity contribution in [3.63, 3.8) is 0 Å². The molecule has 2 aromatic rings. The minimum Gasteiger partial charge on any atom is -0.748 e. The summed E-state index contributed by atoms with van der Waals surface area (Å²) < 4.78 is 0. The van der Waals surface area contributed by atoms with Crippen molar-refractivity contribution in [3.05, 3.63) is 54.1 Å². The predicted octanol–water partition coefficient (Wildman–Crippen LogP) is 10.2. The molecule has 4 rings (SSSR count). The van der Waals surface area contributed by atoms with Crippen LogP contribution in [0.15, 0.2) is 48.5 Å². The summed E-state index contributed by atoms with van der Waals surface area (Å²) in [5.74, 6) is 0. The molecular weight excluding hydrogens is 502 g/mol. The van der Waals surface area contributed by atoms with Crippen molar-refractivity contribution in [1.29, 1.82) is 0 Å². The van der Waals surface area contributed by atoms with Crippen LogP contribution in [-0.2, 0) is 23.5 Å². The average Bonchev–Trinajstić information content (AvgIpc) is 3.48. The number of hydrogen-bond acceptors (Lipinski definition) is 0. The molecule has 2 aliphatic carbocycles. The molecule has 0 spiro atoms. The summed E-state index contributed by atoms with van der Waals surface area (Å²) in [6.07, 6.45) is 17.7. The predicted molar refractivity (Wildman–Crippen MR) is 162 cm³/mol. The largest absolute Gasteiger partial charge is 0.748 e. The third-order valence-electron chi connectivity index (χ3n) is 6.79. The van der Waals surface area contributed by atoms with Crippen molar-refractivity contribution in [2.45, 2.75) is 135 Å². The maximum absolute atomic E-state index is 2.72. The Balaban J connectivity index is 0.000000466. The molecule has 0 amide bonds. The Hall–Kier alpha value is 0.0795. The molecule has 0 saturated heterocycles. The molecule has 0 heterocycles. The molecule has 0 bridgehead atoms. The summed E-state index contributed by atoms with van der Waals surface area (Å²) in [7, 11) is 2.79. The molecule has 2 fully saturated rings. The molecule has 2 aromatic carbocycles. The van der Waals surface area contributed by atoms with E-state index in [-0.39, 0.29) is 25.0 Å². The molecule has 0 aromatic heterocycles. The van der Waals surface area contributed by atoms with E-state index in [1.807, 2.05) is 35.6 Å². The molecule has 0 N–H and O–H groups in total. The van der Waals surface area contributed by atoms with E-state index in [1.165, 1.54) is 77.0 Å². The van der Waals surface area contributed by atoms with Gasteiger partial charge in [0.15, 0.2) is 0 Å². The van der Waals surface area contributed by atoms with Crippen molar-refractivity contribution in [2.75, 3.05) is 0 Å². The Morgan fingerprint density at radius 3 is 1.57 bits per heavy atom. The molecule has 1 atom stereocenters. The molecule has 3 heteroatoms. The Labute approximate surface area is 233 Å². The van der Waals surface area contributed by atoms with E-state index in [0.717, 1.165) is 11.3 Å². The fourth-order valence-corrected chi connectivity index (χ4v) is 9.15. The molecule has 2 saturated carbocycles. The van der Waals surface area contributed by atoms with E-state index in [0.29, 0.717) is 10.6 Å². The third-order valence-corrected chi connectivity index (χ3v) is 10.4. The van der Waals surface area contributed by atoms with Gasteiger partial charge in [-0.15, -0.1) is 20.1 Å². The summed E-state index contributed by atoms with van der Waals surface area (Å²) in [5.41, 5.74) is 4.24. The number of rotatable bonds is 5. The van der Waals surface area contributed by atoms with E-state index in [2.05, 4.69) is 69.0 Å². The summed E-state index contributed by atoms with van der Waals surface area (Å²) in [6, 6.07) is 17.4. The summed E-state index contributed by atoms with van der Waals surface area (Å²) in [4.78, 5) is 0. The van der Waals surface area contributed by atoms with E-state index in [9.17, 15) is 0 Å². The normalized spacial score (nSPS) is 17.6. The Bertz CT molecular complexity index is 694. The van der Waals surface area contributed by atoms with Gasteiger partial charge in [0.05, 0.1) is 0 Å². The van der Waals surface area contributed by atoms with Gasteiger partial charge < -0.3 is 30.3 Å². The molecule has 35 heavy (non-hydrogen) atoms. The van der Waals surface area contributed by atoms with Gasteiger partial charge in [-0.05, 0) is 47.6 Å². The fraction of sp³-hybridized carbons (Fsp3) is 0.688. The maximum atomic E-state index is 2.72. The zero-order valence-corrected chi connectivity index (χ0v) is 26.8. The number of aryl methyl sites for hydroxylation is 1. The first kappa shape index (κ1) is 33.1. The van der Waals surface area contributed by atoms with Gasteiger partial charge in [-0.1, -0.05) is 101 Å². The Kier molecular flexibility index (Phi) is 15.9. The van der Waals surface area contributed by atoms with Gasteiger partial charge in [-0.25, -0.2) is 12.1 Å². The van der Waals surface area contributed by atoms with Crippen LogP contribution >= 0.6 is 17.2 Å². The number of hydrogen-bond donors (Lipinski definition) is 0. The minimum absolute atomic E-state index is 0. The van der Waals surface area contributed by atoms with Crippen LogP contribution in [0.4, 0.5) is 0 Å². The van der Waals surface area contributed by atoms with E-state index in [1.54, 1.807) is 5.56 Å². The molecule has 1 unspecified atom stereocenters. The second-order valence-electron chi connectivity index (χ2n) is 12.8. The fourth-order valence-electron chi connectivity index (χ4n) is 5.15. The van der Waals surface area contributed by atoms with Crippen molar-refractivity contribution in [1.82, 2.24) is 0 Å². The van der Waals surface area contributed by atoms with Crippen molar-refractivity contribution < 1.29 is 17.1 Å². The van der Waals surface area contributed by atoms with Gasteiger partial charge >= 0.3 is 0 Å². The van der Waals surface area contributed by atoms with Crippen molar-refractivity contribution in [3.8, 4) is 0 Å². The summed E-state index contributed by atoms with van der Waals surface area (Å²) in [6.45, 7) is 13.6. The van der Waals surface area contributed by atoms with E-state index in [4.69, 9.17) is 0 Å². The average molecular weight is 557 g/mol. The van der Waals surface area contributed by atoms with Gasteiger partial charge in [-0.2, -0.15) is 6.07 Å². The van der Waals surface area contributed by atoms with Crippen LogP contribution in [0.25, 0.3) is 0 Å². The van der Waals surface area contributed by atoms with Crippen LogP contribution in [0.5, 0.6) is 0 Å². The smallest absolute Gasteiger partial charge is 0 e. The monoisotopic (exact) mass is 556 g/mol. The molecule has 0 nitrogen and oxygen atoms in total. The minimum atomic E-state index is 0. The Morgan fingerprint density at radius 1 is 0.800 bits per heavy atom. The summed E-state index contributed by atoms with van der Waals surface area (Å²) >= 11 is 0. The topological polar surface area (TPSA) is 0 Å². The van der Waals surface area contributed by atoms with Gasteiger partial charge in [0.25, 0.3) is 0 Å². The van der Waals surface area contributed by atoms with Crippen LogP contribution < -0.4 is 5.30 Å². The molecule has 0 aliphatic heterocycles. The first-order chi connectivity index (χ1) is 16.0. The second kappa shape index (κ2) is 16.8. The zero-order valence-electron chi connectivity index (χ0n) is 23.6. The van der Waals surface area contributed by atoms with Gasteiger partial charge in [0, 0.05) is 17.1 Å². The molecule has 2 aliphatic rings. The third kappa shape index (κ3) is 14.6. The van der Waals surface area contributed by atoms with Crippen molar-refractivity contribution >= 4 is 22.5 Å². The first-order valence-electron chi connectivity index (χ1n) is 14.0. The second-order valence-corrected chi connectivity index (χ2v) is 17.3. The van der Waals surface area contributed by atoms with E-state index < -0.39 is 0 Å². The van der Waals surface area contributed by atoms with Crippen LogP contribution in [0.1, 0.15) is 118 Å². The molecular formula is C32H54FeP2-6. The van der Waals surface area contributed by atoms with Crippen LogP contribution in [0, 0.1) is 5.41 Å². The van der Waals surface area contributed by atoms with Gasteiger partial charge in [0.2, 0.25) is 0 Å². The van der Waals surface area contributed by atoms with Crippen LogP contribution in [0.3, 0.4) is 0 Å². The van der Waals surface area contributed by atoms with Crippen LogP contribution in [-0.4, -0.2) is 16.5 Å². The zero-order chi connectivity index (χ0) is 25.0. The van der Waals surface area contributed by atoms with Gasteiger partial charge in [0.1, 0.15) is 0 Å². The maximum Gasteiger partial charge on any atom is 0 e. The quantitative estimate of drug-likeness (QED) is 0.195. The summed E-state index contributed by atoms with van der Waals surface area (Å²) in [5, 5.41) is 2.24. The standard InChI is InChI=1S/C23H38P.C5H5.C4H11P.Fe/c1-23(2,3)18-17-19-11-10-16-22(19)24(20-12-6-4-7-13-20)21-14-8-5-9-15-21;1-2-4-5-3-1;1-4(2,3)5;/h10-11,16,20-21H,4-9,12-15,17-18H2,1-3H3;1-5H;5H2,1-3H3;/q-1;-5;;.